The molecule has 0 saturated carbocycles. The number of aryl methyl sites for hydroxylation is 1. The normalized spacial score (nSPS) is 14.3. The highest BCUT2D eigenvalue weighted by molar-refractivity contribution is 5.76. The van der Waals surface area contributed by atoms with Crippen molar-refractivity contribution in [2.24, 2.45) is 0 Å². The van der Waals surface area contributed by atoms with E-state index in [-0.39, 0.29) is 11.7 Å². The third kappa shape index (κ3) is 3.36. The van der Waals surface area contributed by atoms with Crippen molar-refractivity contribution in [3.8, 4) is 28.4 Å². The molecule has 0 fully saturated rings. The molecule has 154 valence electrons. The standard InChI is InChI=1S/C25H22N4O2/c1-3-16-8-10-17(11-9-16)22-25(30)27-24-20-6-4-5-7-21(20)26-23(29(24)28-22)18-12-14-19(31-2)15-13-18/h4-15,23,26H,3H2,1-2H3. The molecule has 1 N–H and O–H groups in total. The maximum absolute atomic E-state index is 13.0. The van der Waals surface area contributed by atoms with Crippen LogP contribution in [0.2, 0.25) is 0 Å². The van der Waals surface area contributed by atoms with E-state index in [2.05, 4.69) is 17.2 Å². The van der Waals surface area contributed by atoms with E-state index in [1.165, 1.54) is 5.56 Å². The number of benzene rings is 3. The van der Waals surface area contributed by atoms with Crippen LogP contribution in [0.5, 0.6) is 5.75 Å². The summed E-state index contributed by atoms with van der Waals surface area (Å²) in [6.45, 7) is 2.10. The van der Waals surface area contributed by atoms with E-state index >= 15 is 0 Å². The summed E-state index contributed by atoms with van der Waals surface area (Å²) in [7, 11) is 1.64. The predicted molar refractivity (Wildman–Crippen MR) is 121 cm³/mol. The highest BCUT2D eigenvalue weighted by Crippen LogP contribution is 2.36. The minimum absolute atomic E-state index is 0.308. The van der Waals surface area contributed by atoms with Crippen LogP contribution < -0.4 is 15.6 Å². The number of nitrogens with zero attached hydrogens (tertiary/aromatic N) is 3. The summed E-state index contributed by atoms with van der Waals surface area (Å²) in [5.41, 5.74) is 4.73. The Kier molecular flexibility index (Phi) is 4.75. The Bertz CT molecular complexity index is 1290. The van der Waals surface area contributed by atoms with Crippen LogP contribution >= 0.6 is 0 Å². The van der Waals surface area contributed by atoms with E-state index in [1.54, 1.807) is 11.8 Å². The second kappa shape index (κ2) is 7.72. The van der Waals surface area contributed by atoms with Crippen molar-refractivity contribution in [1.82, 2.24) is 14.8 Å². The molecule has 31 heavy (non-hydrogen) atoms. The zero-order valence-corrected chi connectivity index (χ0v) is 17.4. The third-order valence-electron chi connectivity index (χ3n) is 5.61. The second-order valence-corrected chi connectivity index (χ2v) is 7.45. The van der Waals surface area contributed by atoms with Gasteiger partial charge in [-0.1, -0.05) is 55.5 Å². The van der Waals surface area contributed by atoms with E-state index in [4.69, 9.17) is 9.84 Å². The quantitative estimate of drug-likeness (QED) is 0.536. The molecule has 3 aromatic carbocycles. The summed E-state index contributed by atoms with van der Waals surface area (Å²) in [6, 6.07) is 23.5. The number of ether oxygens (including phenoxy) is 1. The van der Waals surface area contributed by atoms with Crippen LogP contribution in [0.1, 0.15) is 24.2 Å². The Morgan fingerprint density at radius 2 is 1.74 bits per heavy atom. The van der Waals surface area contributed by atoms with Gasteiger partial charge in [0.1, 0.15) is 11.9 Å². The molecule has 6 nitrogen and oxygen atoms in total. The predicted octanol–water partition coefficient (Wildman–Crippen LogP) is 4.52. The summed E-state index contributed by atoms with van der Waals surface area (Å²) < 4.78 is 7.10. The molecule has 6 heteroatoms. The van der Waals surface area contributed by atoms with E-state index in [9.17, 15) is 4.79 Å². The van der Waals surface area contributed by atoms with Crippen LogP contribution in [0, 0.1) is 0 Å². The van der Waals surface area contributed by atoms with E-state index < -0.39 is 0 Å². The number of aromatic nitrogens is 3. The van der Waals surface area contributed by atoms with Crippen molar-refractivity contribution in [3.63, 3.8) is 0 Å². The fourth-order valence-electron chi connectivity index (χ4n) is 3.86. The number of nitrogens with one attached hydrogen (secondary N) is 1. The molecule has 1 aliphatic rings. The van der Waals surface area contributed by atoms with Gasteiger partial charge in [-0.3, -0.25) is 4.79 Å². The minimum Gasteiger partial charge on any atom is -0.497 e. The monoisotopic (exact) mass is 410 g/mol. The number of hydrogen-bond acceptors (Lipinski definition) is 5. The first kappa shape index (κ1) is 19.1. The van der Waals surface area contributed by atoms with Crippen LogP contribution in [-0.4, -0.2) is 21.9 Å². The number of methoxy groups -OCH3 is 1. The minimum atomic E-state index is -0.333. The molecule has 0 spiro atoms. The molecule has 0 radical (unpaired) electrons. The number of fused-ring (bicyclic) bond motifs is 3. The van der Waals surface area contributed by atoms with Gasteiger partial charge in [0, 0.05) is 16.8 Å². The van der Waals surface area contributed by atoms with Crippen LogP contribution in [0.3, 0.4) is 0 Å². The van der Waals surface area contributed by atoms with Crippen molar-refractivity contribution in [2.75, 3.05) is 12.4 Å². The molecule has 1 atom stereocenters. The topological polar surface area (TPSA) is 69.0 Å². The van der Waals surface area contributed by atoms with Crippen molar-refractivity contribution in [1.29, 1.82) is 0 Å². The number of anilines is 1. The van der Waals surface area contributed by atoms with Gasteiger partial charge in [0.15, 0.2) is 11.5 Å². The van der Waals surface area contributed by atoms with Gasteiger partial charge in [-0.2, -0.15) is 10.1 Å². The third-order valence-corrected chi connectivity index (χ3v) is 5.61. The molecule has 1 aromatic heterocycles. The fourth-order valence-corrected chi connectivity index (χ4v) is 3.86. The lowest BCUT2D eigenvalue weighted by molar-refractivity contribution is 0.414. The number of rotatable bonds is 4. The van der Waals surface area contributed by atoms with Crippen LogP contribution in [0.4, 0.5) is 5.69 Å². The Morgan fingerprint density at radius 3 is 2.45 bits per heavy atom. The average Bonchev–Trinajstić information content (AvgIpc) is 2.83. The summed E-state index contributed by atoms with van der Waals surface area (Å²) in [4.78, 5) is 17.4. The van der Waals surface area contributed by atoms with Crippen molar-refractivity contribution in [2.45, 2.75) is 19.5 Å². The summed E-state index contributed by atoms with van der Waals surface area (Å²) in [6.07, 6.45) is 0.632. The van der Waals surface area contributed by atoms with Gasteiger partial charge in [0.2, 0.25) is 0 Å². The van der Waals surface area contributed by atoms with Gasteiger partial charge >= 0.3 is 0 Å². The lowest BCUT2D eigenvalue weighted by Crippen LogP contribution is -2.32. The number of para-hydroxylation sites is 1. The van der Waals surface area contributed by atoms with Gasteiger partial charge < -0.3 is 10.1 Å². The van der Waals surface area contributed by atoms with E-state index in [0.29, 0.717) is 11.5 Å². The first-order valence-electron chi connectivity index (χ1n) is 10.3. The Morgan fingerprint density at radius 1 is 1.00 bits per heavy atom. The highest BCUT2D eigenvalue weighted by atomic mass is 16.5. The first-order chi connectivity index (χ1) is 15.2. The molecule has 2 heterocycles. The van der Waals surface area contributed by atoms with Crippen molar-refractivity contribution < 1.29 is 4.74 Å². The van der Waals surface area contributed by atoms with Crippen molar-refractivity contribution >= 4 is 5.69 Å². The molecule has 5 rings (SSSR count). The lowest BCUT2D eigenvalue weighted by Gasteiger charge is -2.30. The Labute approximate surface area is 180 Å². The van der Waals surface area contributed by atoms with Crippen LogP contribution in [0.25, 0.3) is 22.6 Å². The van der Waals surface area contributed by atoms with Crippen molar-refractivity contribution in [3.05, 3.63) is 94.3 Å². The Hall–Kier alpha value is -3.93. The van der Waals surface area contributed by atoms with Gasteiger partial charge in [-0.15, -0.1) is 0 Å². The molecule has 1 unspecified atom stereocenters. The maximum atomic E-state index is 13.0. The lowest BCUT2D eigenvalue weighted by atomic mass is 10.1. The molecular formula is C25H22N4O2. The van der Waals surface area contributed by atoms with E-state index in [1.807, 2.05) is 72.8 Å². The summed E-state index contributed by atoms with van der Waals surface area (Å²) in [5.74, 6) is 1.33. The molecule has 0 bridgehead atoms. The molecule has 0 amide bonds. The highest BCUT2D eigenvalue weighted by Gasteiger charge is 2.28. The first-order valence-corrected chi connectivity index (χ1v) is 10.3. The molecule has 4 aromatic rings. The zero-order valence-electron chi connectivity index (χ0n) is 17.4. The second-order valence-electron chi connectivity index (χ2n) is 7.45. The van der Waals surface area contributed by atoms with Gasteiger partial charge in [0.25, 0.3) is 5.56 Å². The maximum Gasteiger partial charge on any atom is 0.300 e. The molecular weight excluding hydrogens is 388 g/mol. The van der Waals surface area contributed by atoms with Gasteiger partial charge in [-0.25, -0.2) is 4.68 Å². The SMILES string of the molecule is CCc1ccc(-c2nn3c(nc2=O)-c2ccccc2NC3c2ccc(OC)cc2)cc1. The summed E-state index contributed by atoms with van der Waals surface area (Å²) >= 11 is 0. The number of hydrogen-bond donors (Lipinski definition) is 1. The van der Waals surface area contributed by atoms with Crippen LogP contribution in [0.15, 0.2) is 77.6 Å². The largest absolute Gasteiger partial charge is 0.497 e. The van der Waals surface area contributed by atoms with Gasteiger partial charge in [0.05, 0.1) is 7.11 Å². The average molecular weight is 410 g/mol. The smallest absolute Gasteiger partial charge is 0.300 e. The van der Waals surface area contributed by atoms with Gasteiger partial charge in [-0.05, 0) is 41.8 Å². The Balaban J connectivity index is 1.69. The fraction of sp³-hybridized carbons (Fsp3) is 0.160. The summed E-state index contributed by atoms with van der Waals surface area (Å²) in [5, 5.41) is 8.33. The molecule has 0 aliphatic carbocycles. The van der Waals surface area contributed by atoms with Crippen LogP contribution in [-0.2, 0) is 6.42 Å². The zero-order chi connectivity index (χ0) is 21.4. The van der Waals surface area contributed by atoms with E-state index in [0.717, 1.165) is 34.5 Å². The molecule has 1 aliphatic heterocycles. The molecule has 0 saturated heterocycles.